The van der Waals surface area contributed by atoms with E-state index in [2.05, 4.69) is 14.9 Å². The van der Waals surface area contributed by atoms with Crippen LogP contribution in [0, 0.1) is 0 Å². The van der Waals surface area contributed by atoms with Gasteiger partial charge >= 0.3 is 18.9 Å². The molecule has 6 heteroatoms. The molecule has 58 valence electrons. The molecule has 12 heavy (non-hydrogen) atoms. The summed E-state index contributed by atoms with van der Waals surface area (Å²) in [5.74, 6) is -1.08. The molecule has 1 saturated carbocycles. The minimum Gasteiger partial charge on any atom is -0.543 e. The molecular formula is C6H5LiN2O3. The number of aromatic nitrogens is 2. The molecule has 2 rings (SSSR count). The quantitative estimate of drug-likeness (QED) is 0.416. The van der Waals surface area contributed by atoms with Gasteiger partial charge in [0, 0.05) is 5.92 Å². The maximum Gasteiger partial charge on any atom is 1.00 e. The smallest absolute Gasteiger partial charge is 0.543 e. The van der Waals surface area contributed by atoms with Crippen LogP contribution in [-0.2, 0) is 0 Å². The van der Waals surface area contributed by atoms with Crippen LogP contribution >= 0.6 is 0 Å². The minimum atomic E-state index is -1.31. The summed E-state index contributed by atoms with van der Waals surface area (Å²) >= 11 is 0. The summed E-state index contributed by atoms with van der Waals surface area (Å²) < 4.78 is 4.29. The summed E-state index contributed by atoms with van der Waals surface area (Å²) in [6.07, 6.45) is 1.93. The van der Waals surface area contributed by atoms with E-state index in [1.807, 2.05) is 0 Å². The molecular weight excluding hydrogens is 155 g/mol. The average Bonchev–Trinajstić information content (AvgIpc) is 2.68. The second-order valence-electron chi connectivity index (χ2n) is 2.56. The summed E-state index contributed by atoms with van der Waals surface area (Å²) in [5.41, 5.74) is 0.289. The second-order valence-corrected chi connectivity index (χ2v) is 2.56. The summed E-state index contributed by atoms with van der Waals surface area (Å²) in [7, 11) is 0. The molecule has 5 nitrogen and oxygen atoms in total. The van der Waals surface area contributed by atoms with Crippen LogP contribution in [0.15, 0.2) is 4.63 Å². The molecule has 0 unspecified atom stereocenters. The van der Waals surface area contributed by atoms with Crippen LogP contribution in [0.1, 0.15) is 34.9 Å². The van der Waals surface area contributed by atoms with Crippen molar-refractivity contribution >= 4 is 5.97 Å². The number of carbonyl (C=O) groups excluding carboxylic acids is 1. The zero-order valence-corrected chi connectivity index (χ0v) is 6.61. The maximum absolute atomic E-state index is 10.3. The summed E-state index contributed by atoms with van der Waals surface area (Å²) in [6, 6.07) is 0. The van der Waals surface area contributed by atoms with Crippen LogP contribution in [0.2, 0.25) is 0 Å². The first-order valence-electron chi connectivity index (χ1n) is 3.33. The van der Waals surface area contributed by atoms with Crippen molar-refractivity contribution < 1.29 is 33.4 Å². The van der Waals surface area contributed by atoms with Gasteiger partial charge in [-0.3, -0.25) is 0 Å². The Morgan fingerprint density at radius 1 is 1.50 bits per heavy atom. The van der Waals surface area contributed by atoms with Gasteiger partial charge in [0.05, 0.1) is 5.97 Å². The van der Waals surface area contributed by atoms with E-state index in [0.29, 0.717) is 5.69 Å². The predicted octanol–water partition coefficient (Wildman–Crippen LogP) is -3.69. The van der Waals surface area contributed by atoms with Crippen LogP contribution in [0.5, 0.6) is 0 Å². The molecule has 1 aliphatic carbocycles. The van der Waals surface area contributed by atoms with E-state index < -0.39 is 5.97 Å². The van der Waals surface area contributed by atoms with Crippen LogP contribution < -0.4 is 24.0 Å². The number of hydrogen-bond donors (Lipinski definition) is 0. The van der Waals surface area contributed by atoms with Crippen molar-refractivity contribution in [1.82, 2.24) is 10.3 Å². The van der Waals surface area contributed by atoms with Gasteiger partial charge in [-0.1, -0.05) is 5.16 Å². The Hall–Kier alpha value is -0.793. The van der Waals surface area contributed by atoms with E-state index in [1.54, 1.807) is 0 Å². The van der Waals surface area contributed by atoms with Crippen LogP contribution in [0.25, 0.3) is 0 Å². The van der Waals surface area contributed by atoms with Gasteiger partial charge in [-0.25, -0.2) is 4.63 Å². The molecule has 1 fully saturated rings. The van der Waals surface area contributed by atoms with E-state index in [0.717, 1.165) is 12.8 Å². The Kier molecular flexibility index (Phi) is 2.55. The monoisotopic (exact) mass is 160 g/mol. The number of aromatic carboxylic acids is 1. The summed E-state index contributed by atoms with van der Waals surface area (Å²) in [5, 5.41) is 17.1. The molecule has 1 aromatic heterocycles. The number of carboxylic acids is 1. The summed E-state index contributed by atoms with van der Waals surface area (Å²) in [6.45, 7) is 0. The van der Waals surface area contributed by atoms with E-state index >= 15 is 0 Å². The molecule has 0 bridgehead atoms. The van der Waals surface area contributed by atoms with Gasteiger partial charge in [0.1, 0.15) is 5.69 Å². The third-order valence-corrected chi connectivity index (χ3v) is 1.67. The Bertz CT molecular complexity index is 295. The molecule has 0 radical (unpaired) electrons. The van der Waals surface area contributed by atoms with Gasteiger partial charge in [0.15, 0.2) is 5.69 Å². The minimum absolute atomic E-state index is 0. The first-order chi connectivity index (χ1) is 5.29. The molecule has 0 aromatic carbocycles. The van der Waals surface area contributed by atoms with Gasteiger partial charge in [0.2, 0.25) is 0 Å². The van der Waals surface area contributed by atoms with Crippen molar-refractivity contribution in [2.45, 2.75) is 18.8 Å². The van der Waals surface area contributed by atoms with Gasteiger partial charge in [-0.05, 0) is 18.0 Å². The molecule has 0 saturated heterocycles. The SMILES string of the molecule is O=C([O-])c1nonc1C1CC1.[Li+]. The Labute approximate surface area is 80.3 Å². The van der Waals surface area contributed by atoms with E-state index in [9.17, 15) is 9.90 Å². The average molecular weight is 160 g/mol. The molecule has 1 aliphatic rings. The van der Waals surface area contributed by atoms with Crippen LogP contribution in [0.3, 0.4) is 0 Å². The first kappa shape index (κ1) is 9.30. The van der Waals surface area contributed by atoms with Crippen LogP contribution in [-0.4, -0.2) is 16.3 Å². The Morgan fingerprint density at radius 2 is 2.17 bits per heavy atom. The van der Waals surface area contributed by atoms with Crippen molar-refractivity contribution in [2.24, 2.45) is 0 Å². The number of carbonyl (C=O) groups is 1. The summed E-state index contributed by atoms with van der Waals surface area (Å²) in [4.78, 5) is 10.3. The van der Waals surface area contributed by atoms with Crippen molar-refractivity contribution in [3.8, 4) is 0 Å². The fraction of sp³-hybridized carbons (Fsp3) is 0.500. The second kappa shape index (κ2) is 3.29. The Morgan fingerprint density at radius 3 is 2.67 bits per heavy atom. The molecule has 0 spiro atoms. The fourth-order valence-corrected chi connectivity index (χ4v) is 0.962. The van der Waals surface area contributed by atoms with Gasteiger partial charge in [-0.15, -0.1) is 0 Å². The van der Waals surface area contributed by atoms with Crippen molar-refractivity contribution in [1.29, 1.82) is 0 Å². The normalized spacial score (nSPS) is 15.3. The molecule has 1 aromatic rings. The van der Waals surface area contributed by atoms with Crippen molar-refractivity contribution in [2.75, 3.05) is 0 Å². The molecule has 0 atom stereocenters. The van der Waals surface area contributed by atoms with Gasteiger partial charge in [0.25, 0.3) is 0 Å². The molecule has 1 heterocycles. The molecule has 0 amide bonds. The van der Waals surface area contributed by atoms with Crippen LogP contribution in [0.4, 0.5) is 0 Å². The standard InChI is InChI=1S/C6H6N2O3.Li/c9-6(10)5-4(3-1-2-3)7-11-8-5;/h3H,1-2H2,(H,9,10);/q;+1/p-1. The number of hydrogen-bond acceptors (Lipinski definition) is 5. The topological polar surface area (TPSA) is 79.0 Å². The molecule has 0 aliphatic heterocycles. The van der Waals surface area contributed by atoms with Gasteiger partial charge in [-0.2, -0.15) is 0 Å². The maximum atomic E-state index is 10.3. The Balaban J connectivity index is 0.000000720. The van der Waals surface area contributed by atoms with Crippen molar-refractivity contribution in [3.05, 3.63) is 11.4 Å². The third kappa shape index (κ3) is 1.52. The third-order valence-electron chi connectivity index (χ3n) is 1.67. The first-order valence-corrected chi connectivity index (χ1v) is 3.33. The van der Waals surface area contributed by atoms with E-state index in [4.69, 9.17) is 0 Å². The van der Waals surface area contributed by atoms with Gasteiger partial charge < -0.3 is 9.90 Å². The number of nitrogens with zero attached hydrogens (tertiary/aromatic N) is 2. The fourth-order valence-electron chi connectivity index (χ4n) is 0.962. The zero-order valence-electron chi connectivity index (χ0n) is 6.61. The molecule has 0 N–H and O–H groups in total. The predicted molar refractivity (Wildman–Crippen MR) is 30.6 cm³/mol. The largest absolute Gasteiger partial charge is 1.00 e. The number of carboxylic acid groups (broad SMARTS) is 1. The number of rotatable bonds is 2. The van der Waals surface area contributed by atoms with Crippen molar-refractivity contribution in [3.63, 3.8) is 0 Å². The van der Waals surface area contributed by atoms with E-state index in [-0.39, 0.29) is 30.5 Å². The zero-order chi connectivity index (χ0) is 7.84. The van der Waals surface area contributed by atoms with E-state index in [1.165, 1.54) is 0 Å².